The Morgan fingerprint density at radius 3 is 2.26 bits per heavy atom. The summed E-state index contributed by atoms with van der Waals surface area (Å²) in [5.74, 6) is 0.109. The predicted molar refractivity (Wildman–Crippen MR) is 98.2 cm³/mol. The van der Waals surface area contributed by atoms with E-state index < -0.39 is 11.7 Å². The number of halogens is 3. The maximum Gasteiger partial charge on any atom is 0.416 e. The first-order valence-corrected chi connectivity index (χ1v) is 9.76. The van der Waals surface area contributed by atoms with Crippen LogP contribution in [0.4, 0.5) is 13.2 Å². The first-order chi connectivity index (χ1) is 12.8. The third-order valence-electron chi connectivity index (χ3n) is 5.72. The number of hydrogen-bond acceptors (Lipinski definition) is 3. The SMILES string of the molecule is CC(C(=O)NC1CCCC1)N1CCN(Cc2ccc(C(F)(F)F)cc2)CC1. The fourth-order valence-corrected chi connectivity index (χ4v) is 3.92. The van der Waals surface area contributed by atoms with E-state index in [1.54, 1.807) is 12.1 Å². The van der Waals surface area contributed by atoms with E-state index in [4.69, 9.17) is 0 Å². The highest BCUT2D eigenvalue weighted by Crippen LogP contribution is 2.29. The van der Waals surface area contributed by atoms with Crippen molar-refractivity contribution in [1.29, 1.82) is 0 Å². The lowest BCUT2D eigenvalue weighted by Crippen LogP contribution is -2.54. The average Bonchev–Trinajstić information content (AvgIpc) is 3.14. The summed E-state index contributed by atoms with van der Waals surface area (Å²) in [6.45, 7) is 5.79. The van der Waals surface area contributed by atoms with E-state index in [0.29, 0.717) is 12.6 Å². The van der Waals surface area contributed by atoms with E-state index in [1.165, 1.54) is 12.8 Å². The zero-order valence-corrected chi connectivity index (χ0v) is 15.8. The van der Waals surface area contributed by atoms with Crippen molar-refractivity contribution in [2.45, 2.75) is 57.4 Å². The van der Waals surface area contributed by atoms with Gasteiger partial charge in [-0.25, -0.2) is 0 Å². The van der Waals surface area contributed by atoms with Gasteiger partial charge in [0.05, 0.1) is 11.6 Å². The molecule has 3 rings (SSSR count). The van der Waals surface area contributed by atoms with Crippen LogP contribution in [0.15, 0.2) is 24.3 Å². The maximum absolute atomic E-state index is 12.6. The predicted octanol–water partition coefficient (Wildman–Crippen LogP) is 3.27. The number of piperazine rings is 1. The molecule has 0 bridgehead atoms. The number of rotatable bonds is 5. The number of hydrogen-bond donors (Lipinski definition) is 1. The van der Waals surface area contributed by atoms with Crippen LogP contribution in [0.5, 0.6) is 0 Å². The number of nitrogens with one attached hydrogen (secondary N) is 1. The molecule has 4 nitrogen and oxygen atoms in total. The quantitative estimate of drug-likeness (QED) is 0.848. The van der Waals surface area contributed by atoms with Gasteiger partial charge in [0.25, 0.3) is 0 Å². The molecule has 27 heavy (non-hydrogen) atoms. The number of alkyl halides is 3. The minimum atomic E-state index is -4.29. The molecule has 2 fully saturated rings. The lowest BCUT2D eigenvalue weighted by atomic mass is 10.1. The van der Waals surface area contributed by atoms with E-state index >= 15 is 0 Å². The number of benzene rings is 1. The highest BCUT2D eigenvalue weighted by molar-refractivity contribution is 5.81. The summed E-state index contributed by atoms with van der Waals surface area (Å²) in [5, 5.41) is 3.16. The Labute approximate surface area is 158 Å². The third-order valence-corrected chi connectivity index (χ3v) is 5.72. The first-order valence-electron chi connectivity index (χ1n) is 9.76. The molecule has 7 heteroatoms. The topological polar surface area (TPSA) is 35.6 Å². The Bertz CT molecular complexity index is 618. The smallest absolute Gasteiger partial charge is 0.352 e. The standard InChI is InChI=1S/C20H28F3N3O/c1-15(19(27)24-18-4-2-3-5-18)26-12-10-25(11-13-26)14-16-6-8-17(9-7-16)20(21,22)23/h6-9,15,18H,2-5,10-14H2,1H3,(H,24,27). The number of carbonyl (C=O) groups is 1. The zero-order valence-electron chi connectivity index (χ0n) is 15.8. The monoisotopic (exact) mass is 383 g/mol. The molecule has 1 aliphatic heterocycles. The van der Waals surface area contributed by atoms with E-state index in [0.717, 1.165) is 56.7 Å². The van der Waals surface area contributed by atoms with Crippen LogP contribution in [0.1, 0.15) is 43.7 Å². The van der Waals surface area contributed by atoms with Crippen LogP contribution in [0, 0.1) is 0 Å². The van der Waals surface area contributed by atoms with E-state index in [-0.39, 0.29) is 11.9 Å². The van der Waals surface area contributed by atoms with Crippen molar-refractivity contribution in [3.63, 3.8) is 0 Å². The van der Waals surface area contributed by atoms with E-state index in [1.807, 2.05) is 6.92 Å². The molecule has 1 atom stereocenters. The van der Waals surface area contributed by atoms with Gasteiger partial charge >= 0.3 is 6.18 Å². The summed E-state index contributed by atoms with van der Waals surface area (Å²) in [5.41, 5.74) is 0.265. The van der Waals surface area contributed by atoms with Gasteiger partial charge in [-0.15, -0.1) is 0 Å². The van der Waals surface area contributed by atoms with Gasteiger partial charge in [0.2, 0.25) is 5.91 Å². The fourth-order valence-electron chi connectivity index (χ4n) is 3.92. The summed E-state index contributed by atoms with van der Waals surface area (Å²) < 4.78 is 37.9. The van der Waals surface area contributed by atoms with Gasteiger partial charge in [0, 0.05) is 38.8 Å². The van der Waals surface area contributed by atoms with Crippen LogP contribution in [0.2, 0.25) is 0 Å². The summed E-state index contributed by atoms with van der Waals surface area (Å²) in [7, 11) is 0. The molecular formula is C20H28F3N3O. The van der Waals surface area contributed by atoms with Crippen molar-refractivity contribution in [3.8, 4) is 0 Å². The van der Waals surface area contributed by atoms with E-state index in [2.05, 4.69) is 15.1 Å². The molecule has 2 aliphatic rings. The molecule has 1 heterocycles. The highest BCUT2D eigenvalue weighted by Gasteiger charge is 2.30. The molecular weight excluding hydrogens is 355 g/mol. The molecule has 1 aromatic rings. The van der Waals surface area contributed by atoms with Crippen molar-refractivity contribution < 1.29 is 18.0 Å². The molecule has 1 unspecified atom stereocenters. The van der Waals surface area contributed by atoms with Crippen molar-refractivity contribution in [3.05, 3.63) is 35.4 Å². The van der Waals surface area contributed by atoms with Crippen LogP contribution in [0.3, 0.4) is 0 Å². The maximum atomic E-state index is 12.6. The van der Waals surface area contributed by atoms with Crippen LogP contribution in [0.25, 0.3) is 0 Å². The number of carbonyl (C=O) groups excluding carboxylic acids is 1. The Morgan fingerprint density at radius 1 is 1.11 bits per heavy atom. The molecule has 150 valence electrons. The molecule has 1 N–H and O–H groups in total. The molecule has 1 saturated heterocycles. The molecule has 0 aromatic heterocycles. The molecule has 1 amide bonds. The van der Waals surface area contributed by atoms with Crippen molar-refractivity contribution in [1.82, 2.24) is 15.1 Å². The minimum absolute atomic E-state index is 0.109. The second-order valence-corrected chi connectivity index (χ2v) is 7.67. The number of nitrogens with zero attached hydrogens (tertiary/aromatic N) is 2. The zero-order chi connectivity index (χ0) is 19.4. The average molecular weight is 383 g/mol. The van der Waals surface area contributed by atoms with Crippen molar-refractivity contribution in [2.75, 3.05) is 26.2 Å². The Kier molecular flexibility index (Phi) is 6.42. The lowest BCUT2D eigenvalue weighted by molar-refractivity contribution is -0.137. The largest absolute Gasteiger partial charge is 0.416 e. The third kappa shape index (κ3) is 5.45. The number of amides is 1. The van der Waals surface area contributed by atoms with Crippen LogP contribution >= 0.6 is 0 Å². The van der Waals surface area contributed by atoms with Crippen LogP contribution in [-0.2, 0) is 17.5 Å². The van der Waals surface area contributed by atoms with Crippen LogP contribution in [-0.4, -0.2) is 54.0 Å². The summed E-state index contributed by atoms with van der Waals surface area (Å²) >= 11 is 0. The van der Waals surface area contributed by atoms with Gasteiger partial charge in [-0.3, -0.25) is 14.6 Å². The molecule has 1 saturated carbocycles. The van der Waals surface area contributed by atoms with Crippen molar-refractivity contribution >= 4 is 5.91 Å². The Balaban J connectivity index is 1.45. The Hall–Kier alpha value is -1.60. The lowest BCUT2D eigenvalue weighted by Gasteiger charge is -2.37. The van der Waals surface area contributed by atoms with Gasteiger partial charge < -0.3 is 5.32 Å². The van der Waals surface area contributed by atoms with Gasteiger partial charge in [0.15, 0.2) is 0 Å². The highest BCUT2D eigenvalue weighted by atomic mass is 19.4. The van der Waals surface area contributed by atoms with Gasteiger partial charge in [-0.2, -0.15) is 13.2 Å². The summed E-state index contributed by atoms with van der Waals surface area (Å²) in [6.07, 6.45) is 0.266. The minimum Gasteiger partial charge on any atom is -0.352 e. The van der Waals surface area contributed by atoms with E-state index in [9.17, 15) is 18.0 Å². The fraction of sp³-hybridized carbons (Fsp3) is 0.650. The van der Waals surface area contributed by atoms with Gasteiger partial charge in [-0.05, 0) is 37.5 Å². The normalized spacial score (nSPS) is 21.3. The second kappa shape index (κ2) is 8.61. The van der Waals surface area contributed by atoms with Crippen molar-refractivity contribution in [2.24, 2.45) is 0 Å². The van der Waals surface area contributed by atoms with Crippen LogP contribution < -0.4 is 5.32 Å². The Morgan fingerprint density at radius 2 is 1.70 bits per heavy atom. The summed E-state index contributed by atoms with van der Waals surface area (Å²) in [6, 6.07) is 5.57. The molecule has 0 radical (unpaired) electrons. The first kappa shape index (κ1) is 20.1. The van der Waals surface area contributed by atoms with Gasteiger partial charge in [0.1, 0.15) is 0 Å². The molecule has 1 aliphatic carbocycles. The summed E-state index contributed by atoms with van der Waals surface area (Å²) in [4.78, 5) is 16.8. The van der Waals surface area contributed by atoms with Gasteiger partial charge in [-0.1, -0.05) is 25.0 Å². The molecule has 1 aromatic carbocycles. The second-order valence-electron chi connectivity index (χ2n) is 7.67. The molecule has 0 spiro atoms.